The van der Waals surface area contributed by atoms with E-state index in [9.17, 15) is 9.59 Å². The van der Waals surface area contributed by atoms with Crippen molar-refractivity contribution in [1.82, 2.24) is 10.6 Å². The maximum atomic E-state index is 12.2. The number of amides is 2. The van der Waals surface area contributed by atoms with Crippen molar-refractivity contribution in [3.05, 3.63) is 83.7 Å². The van der Waals surface area contributed by atoms with E-state index in [-0.39, 0.29) is 11.8 Å². The first kappa shape index (κ1) is 15.6. The van der Waals surface area contributed by atoms with E-state index in [4.69, 9.17) is 8.83 Å². The van der Waals surface area contributed by atoms with Crippen LogP contribution in [0.3, 0.4) is 0 Å². The minimum atomic E-state index is -0.271. The maximum Gasteiger partial charge on any atom is 0.251 e. The molecule has 24 heavy (non-hydrogen) atoms. The molecule has 2 amide bonds. The van der Waals surface area contributed by atoms with Gasteiger partial charge in [0.2, 0.25) is 0 Å². The van der Waals surface area contributed by atoms with Crippen LogP contribution >= 0.6 is 0 Å². The van der Waals surface area contributed by atoms with Crippen LogP contribution in [0.25, 0.3) is 0 Å². The molecule has 0 atom stereocenters. The Morgan fingerprint density at radius 3 is 1.67 bits per heavy atom. The number of benzene rings is 1. The quantitative estimate of drug-likeness (QED) is 0.730. The van der Waals surface area contributed by atoms with E-state index >= 15 is 0 Å². The van der Waals surface area contributed by atoms with Gasteiger partial charge in [-0.1, -0.05) is 6.07 Å². The van der Waals surface area contributed by atoms with Crippen LogP contribution in [0.1, 0.15) is 32.2 Å². The third kappa shape index (κ3) is 3.92. The van der Waals surface area contributed by atoms with Crippen molar-refractivity contribution >= 4 is 11.8 Å². The van der Waals surface area contributed by atoms with E-state index in [2.05, 4.69) is 10.6 Å². The van der Waals surface area contributed by atoms with Crippen molar-refractivity contribution in [2.24, 2.45) is 0 Å². The summed E-state index contributed by atoms with van der Waals surface area (Å²) in [7, 11) is 0. The zero-order chi connectivity index (χ0) is 16.8. The average Bonchev–Trinajstić information content (AvgIpc) is 3.31. The van der Waals surface area contributed by atoms with Crippen molar-refractivity contribution < 1.29 is 18.4 Å². The second kappa shape index (κ2) is 7.32. The topological polar surface area (TPSA) is 84.5 Å². The lowest BCUT2D eigenvalue weighted by Crippen LogP contribution is -2.25. The molecule has 1 aromatic carbocycles. The summed E-state index contributed by atoms with van der Waals surface area (Å²) in [6.07, 6.45) is 3.09. The van der Waals surface area contributed by atoms with Crippen molar-refractivity contribution in [3.63, 3.8) is 0 Å². The summed E-state index contributed by atoms with van der Waals surface area (Å²) >= 11 is 0. The fraction of sp³-hybridized carbons (Fsp3) is 0.111. The Bertz CT molecular complexity index is 742. The lowest BCUT2D eigenvalue weighted by molar-refractivity contribution is 0.0947. The minimum Gasteiger partial charge on any atom is -0.467 e. The third-order valence-corrected chi connectivity index (χ3v) is 3.39. The molecule has 2 aromatic heterocycles. The number of carbonyl (C=O) groups is 2. The Kier molecular flexibility index (Phi) is 4.76. The first-order chi connectivity index (χ1) is 11.7. The highest BCUT2D eigenvalue weighted by molar-refractivity contribution is 5.99. The van der Waals surface area contributed by atoms with Crippen LogP contribution in [0.2, 0.25) is 0 Å². The molecule has 0 saturated heterocycles. The number of hydrogen-bond acceptors (Lipinski definition) is 4. The molecule has 0 aliphatic heterocycles. The molecule has 0 saturated carbocycles. The summed E-state index contributed by atoms with van der Waals surface area (Å²) < 4.78 is 10.3. The first-order valence-corrected chi connectivity index (χ1v) is 7.43. The highest BCUT2D eigenvalue weighted by Crippen LogP contribution is 2.07. The molecule has 0 unspecified atom stereocenters. The molecule has 122 valence electrons. The molecule has 6 nitrogen and oxygen atoms in total. The normalized spacial score (nSPS) is 10.3. The molecule has 0 spiro atoms. The van der Waals surface area contributed by atoms with Gasteiger partial charge in [0, 0.05) is 11.1 Å². The minimum absolute atomic E-state index is 0.271. The van der Waals surface area contributed by atoms with Crippen molar-refractivity contribution in [3.8, 4) is 0 Å². The summed E-state index contributed by atoms with van der Waals surface area (Å²) in [5, 5.41) is 5.48. The van der Waals surface area contributed by atoms with E-state index in [0.717, 1.165) is 0 Å². The summed E-state index contributed by atoms with van der Waals surface area (Å²) in [6, 6.07) is 13.6. The standard InChI is InChI=1S/C18H16N2O4/c21-17(19-11-15-6-2-8-23-15)13-4-1-5-14(10-13)18(22)20-12-16-7-3-9-24-16/h1-10H,11-12H2,(H,19,21)(H,20,22). The predicted octanol–water partition coefficient (Wildman–Crippen LogP) is 2.73. The Hall–Kier alpha value is -3.28. The Balaban J connectivity index is 1.60. The SMILES string of the molecule is O=C(NCc1ccco1)c1cccc(C(=O)NCc2ccco2)c1. The molecule has 3 aromatic rings. The van der Waals surface area contributed by atoms with Crippen LogP contribution in [0, 0.1) is 0 Å². The van der Waals surface area contributed by atoms with Gasteiger partial charge < -0.3 is 19.5 Å². The van der Waals surface area contributed by atoms with Crippen LogP contribution in [-0.2, 0) is 13.1 Å². The van der Waals surface area contributed by atoms with Crippen LogP contribution in [0.5, 0.6) is 0 Å². The second-order valence-corrected chi connectivity index (χ2v) is 5.10. The first-order valence-electron chi connectivity index (χ1n) is 7.43. The van der Waals surface area contributed by atoms with Gasteiger partial charge >= 0.3 is 0 Å². The second-order valence-electron chi connectivity index (χ2n) is 5.10. The summed E-state index contributed by atoms with van der Waals surface area (Å²) in [6.45, 7) is 0.585. The number of rotatable bonds is 6. The highest BCUT2D eigenvalue weighted by atomic mass is 16.3. The van der Waals surface area contributed by atoms with Gasteiger partial charge in [-0.05, 0) is 42.5 Å². The van der Waals surface area contributed by atoms with Gasteiger partial charge in [-0.25, -0.2) is 0 Å². The van der Waals surface area contributed by atoms with Gasteiger partial charge in [-0.2, -0.15) is 0 Å². The van der Waals surface area contributed by atoms with Crippen molar-refractivity contribution in [2.45, 2.75) is 13.1 Å². The Labute approximate surface area is 138 Å². The summed E-state index contributed by atoms with van der Waals surface area (Å²) in [5.74, 6) is 0.783. The fourth-order valence-corrected chi connectivity index (χ4v) is 2.17. The van der Waals surface area contributed by atoms with Gasteiger partial charge in [-0.15, -0.1) is 0 Å². The number of hydrogen-bond donors (Lipinski definition) is 2. The Morgan fingerprint density at radius 2 is 1.25 bits per heavy atom. The zero-order valence-corrected chi connectivity index (χ0v) is 12.8. The van der Waals surface area contributed by atoms with Gasteiger partial charge in [-0.3, -0.25) is 9.59 Å². The number of furan rings is 2. The van der Waals surface area contributed by atoms with E-state index in [0.29, 0.717) is 35.7 Å². The summed E-state index contributed by atoms with van der Waals surface area (Å²) in [5.41, 5.74) is 0.819. The van der Waals surface area contributed by atoms with Gasteiger partial charge in [0.25, 0.3) is 11.8 Å². The Morgan fingerprint density at radius 1 is 0.750 bits per heavy atom. The molecular formula is C18H16N2O4. The van der Waals surface area contributed by atoms with E-state index < -0.39 is 0 Å². The van der Waals surface area contributed by atoms with Gasteiger partial charge in [0.1, 0.15) is 11.5 Å². The largest absolute Gasteiger partial charge is 0.467 e. The average molecular weight is 324 g/mol. The van der Waals surface area contributed by atoms with Crippen LogP contribution in [0.15, 0.2) is 69.9 Å². The highest BCUT2D eigenvalue weighted by Gasteiger charge is 2.11. The number of carbonyl (C=O) groups excluding carboxylic acids is 2. The molecule has 0 radical (unpaired) electrons. The number of nitrogens with one attached hydrogen (secondary N) is 2. The van der Waals surface area contributed by atoms with E-state index in [1.165, 1.54) is 0 Å². The lowest BCUT2D eigenvalue weighted by atomic mass is 10.1. The molecular weight excluding hydrogens is 308 g/mol. The third-order valence-electron chi connectivity index (χ3n) is 3.39. The molecule has 2 N–H and O–H groups in total. The van der Waals surface area contributed by atoms with Crippen molar-refractivity contribution in [2.75, 3.05) is 0 Å². The predicted molar refractivity (Wildman–Crippen MR) is 86.2 cm³/mol. The lowest BCUT2D eigenvalue weighted by Gasteiger charge is -2.07. The molecule has 0 aliphatic rings. The van der Waals surface area contributed by atoms with Crippen LogP contribution < -0.4 is 10.6 Å². The summed E-state index contributed by atoms with van der Waals surface area (Å²) in [4.78, 5) is 24.3. The van der Waals surface area contributed by atoms with Crippen LogP contribution in [-0.4, -0.2) is 11.8 Å². The maximum absolute atomic E-state index is 12.2. The zero-order valence-electron chi connectivity index (χ0n) is 12.8. The molecule has 3 rings (SSSR count). The smallest absolute Gasteiger partial charge is 0.251 e. The molecule has 0 fully saturated rings. The fourth-order valence-electron chi connectivity index (χ4n) is 2.17. The molecule has 0 bridgehead atoms. The van der Waals surface area contributed by atoms with Gasteiger partial charge in [0.15, 0.2) is 0 Å². The van der Waals surface area contributed by atoms with E-state index in [1.807, 2.05) is 0 Å². The van der Waals surface area contributed by atoms with Crippen LogP contribution in [0.4, 0.5) is 0 Å². The van der Waals surface area contributed by atoms with E-state index in [1.54, 1.807) is 61.1 Å². The van der Waals surface area contributed by atoms with Gasteiger partial charge in [0.05, 0.1) is 25.6 Å². The monoisotopic (exact) mass is 324 g/mol. The van der Waals surface area contributed by atoms with Crippen molar-refractivity contribution in [1.29, 1.82) is 0 Å². The molecule has 2 heterocycles. The molecule has 6 heteroatoms. The molecule has 0 aliphatic carbocycles.